The molecule has 0 spiro atoms. The minimum Gasteiger partial charge on any atom is -0.333 e. The third-order valence-corrected chi connectivity index (χ3v) is 9.70. The number of benzene rings is 6. The molecule has 0 bridgehead atoms. The Bertz CT molecular complexity index is 2520. The fourth-order valence-electron chi connectivity index (χ4n) is 7.61. The monoisotopic (exact) mass is 612 g/mol. The number of aromatic nitrogens is 1. The number of nitrogens with zero attached hydrogens (tertiary/aromatic N) is 4. The first-order valence-electron chi connectivity index (χ1n) is 16.1. The summed E-state index contributed by atoms with van der Waals surface area (Å²) in [7, 11) is 0. The van der Waals surface area contributed by atoms with Crippen LogP contribution in [0.25, 0.3) is 49.7 Å². The van der Waals surface area contributed by atoms with Crippen LogP contribution in [0.4, 0.5) is 11.4 Å². The summed E-state index contributed by atoms with van der Waals surface area (Å²) in [5, 5.41) is 22.4. The maximum atomic E-state index is 10.3. The summed E-state index contributed by atoms with van der Waals surface area (Å²) in [6.07, 6.45) is 8.85. The van der Waals surface area contributed by atoms with Crippen LogP contribution in [0.3, 0.4) is 0 Å². The Balaban J connectivity index is 1.29. The van der Waals surface area contributed by atoms with E-state index >= 15 is 0 Å². The lowest BCUT2D eigenvalue weighted by molar-refractivity contribution is 0.745. The number of rotatable bonds is 4. The number of allylic oxidation sites excluding steroid dienone is 2. The van der Waals surface area contributed by atoms with Gasteiger partial charge in [0.2, 0.25) is 0 Å². The highest BCUT2D eigenvalue weighted by Gasteiger charge is 2.37. The molecule has 48 heavy (non-hydrogen) atoms. The minimum absolute atomic E-state index is 0.138. The van der Waals surface area contributed by atoms with Crippen LogP contribution in [-0.2, 0) is 0 Å². The van der Waals surface area contributed by atoms with Gasteiger partial charge in [-0.25, -0.2) is 0 Å². The van der Waals surface area contributed by atoms with Gasteiger partial charge in [0.15, 0.2) is 0 Å². The van der Waals surface area contributed by atoms with Crippen molar-refractivity contribution in [1.82, 2.24) is 4.57 Å². The van der Waals surface area contributed by atoms with Crippen molar-refractivity contribution in [3.8, 4) is 40.1 Å². The van der Waals surface area contributed by atoms with Crippen LogP contribution >= 0.6 is 0 Å². The Labute approximate surface area is 279 Å². The van der Waals surface area contributed by atoms with Gasteiger partial charge in [-0.05, 0) is 94.5 Å². The summed E-state index contributed by atoms with van der Waals surface area (Å²) >= 11 is 0. The van der Waals surface area contributed by atoms with Crippen LogP contribution in [0.2, 0.25) is 0 Å². The van der Waals surface area contributed by atoms with E-state index in [-0.39, 0.29) is 12.0 Å². The molecule has 2 heterocycles. The average molecular weight is 613 g/mol. The molecule has 0 fully saturated rings. The number of hydrogen-bond acceptors (Lipinski definition) is 3. The van der Waals surface area contributed by atoms with E-state index in [1.54, 1.807) is 0 Å². The lowest BCUT2D eigenvalue weighted by atomic mass is 9.91. The van der Waals surface area contributed by atoms with Crippen molar-refractivity contribution in [1.29, 1.82) is 10.5 Å². The number of nitriles is 2. The SMILES string of the molecule is N#Cc1cccc(-c2cc(-c3cc(C#N)cc(-n4c5ccccc5c5ccccc54)c3)cc(N3c4ccccc4C4C=CC=CC43)c2)c1. The van der Waals surface area contributed by atoms with Gasteiger partial charge in [0.05, 0.1) is 40.3 Å². The van der Waals surface area contributed by atoms with Crippen molar-refractivity contribution in [2.45, 2.75) is 12.0 Å². The third kappa shape index (κ3) is 4.36. The first kappa shape index (κ1) is 27.7. The number of fused-ring (bicyclic) bond motifs is 6. The highest BCUT2D eigenvalue weighted by atomic mass is 15.2. The molecular weight excluding hydrogens is 585 g/mol. The molecule has 9 rings (SSSR count). The topological polar surface area (TPSA) is 55.8 Å². The van der Waals surface area contributed by atoms with Crippen molar-refractivity contribution in [2.24, 2.45) is 0 Å². The van der Waals surface area contributed by atoms with E-state index in [1.165, 1.54) is 22.0 Å². The fourth-order valence-corrected chi connectivity index (χ4v) is 7.61. The molecule has 2 atom stereocenters. The molecule has 0 saturated heterocycles. The van der Waals surface area contributed by atoms with E-state index in [0.717, 1.165) is 44.7 Å². The minimum atomic E-state index is 0.138. The van der Waals surface area contributed by atoms with Crippen molar-refractivity contribution < 1.29 is 0 Å². The molecule has 1 aromatic heterocycles. The smallest absolute Gasteiger partial charge is 0.0992 e. The van der Waals surface area contributed by atoms with Gasteiger partial charge in [-0.15, -0.1) is 0 Å². The largest absolute Gasteiger partial charge is 0.333 e. The number of anilines is 2. The van der Waals surface area contributed by atoms with Crippen LogP contribution in [0.5, 0.6) is 0 Å². The van der Waals surface area contributed by atoms with Gasteiger partial charge in [-0.3, -0.25) is 0 Å². The zero-order valence-corrected chi connectivity index (χ0v) is 26.0. The van der Waals surface area contributed by atoms with E-state index in [0.29, 0.717) is 11.1 Å². The van der Waals surface area contributed by atoms with Crippen LogP contribution in [0.15, 0.2) is 158 Å². The lowest BCUT2D eigenvalue weighted by Gasteiger charge is -2.29. The summed E-state index contributed by atoms with van der Waals surface area (Å²) in [6, 6.07) is 51.0. The van der Waals surface area contributed by atoms with E-state index in [4.69, 9.17) is 0 Å². The Morgan fingerprint density at radius 3 is 1.90 bits per heavy atom. The van der Waals surface area contributed by atoms with Crippen molar-refractivity contribution in [3.05, 3.63) is 174 Å². The zero-order valence-electron chi connectivity index (χ0n) is 26.0. The van der Waals surface area contributed by atoms with Crippen molar-refractivity contribution in [2.75, 3.05) is 4.90 Å². The molecule has 2 aliphatic rings. The molecule has 2 unspecified atom stereocenters. The van der Waals surface area contributed by atoms with Gasteiger partial charge in [0.1, 0.15) is 0 Å². The quantitative estimate of drug-likeness (QED) is 0.199. The van der Waals surface area contributed by atoms with Gasteiger partial charge in [-0.1, -0.05) is 91.0 Å². The Kier molecular flexibility index (Phi) is 6.35. The van der Waals surface area contributed by atoms with Gasteiger partial charge >= 0.3 is 0 Å². The van der Waals surface area contributed by atoms with E-state index in [2.05, 4.69) is 149 Å². The molecule has 0 saturated carbocycles. The third-order valence-electron chi connectivity index (χ3n) is 9.70. The fraction of sp³-hybridized carbons (Fsp3) is 0.0455. The second kappa shape index (κ2) is 11.0. The first-order chi connectivity index (χ1) is 23.7. The highest BCUT2D eigenvalue weighted by Crippen LogP contribution is 2.49. The summed E-state index contributed by atoms with van der Waals surface area (Å²) in [5.74, 6) is 0.254. The molecule has 0 N–H and O–H groups in total. The van der Waals surface area contributed by atoms with Crippen LogP contribution < -0.4 is 4.90 Å². The summed E-state index contributed by atoms with van der Waals surface area (Å²) < 4.78 is 2.26. The van der Waals surface area contributed by atoms with E-state index in [1.807, 2.05) is 30.3 Å². The van der Waals surface area contributed by atoms with Gasteiger partial charge in [0, 0.05) is 33.8 Å². The Hall–Kier alpha value is -6.62. The molecule has 7 aromatic rings. The molecule has 224 valence electrons. The molecule has 1 aliphatic heterocycles. The molecule has 6 aromatic carbocycles. The number of para-hydroxylation sites is 3. The Morgan fingerprint density at radius 1 is 0.500 bits per heavy atom. The molecule has 0 amide bonds. The van der Waals surface area contributed by atoms with Gasteiger partial charge in [0.25, 0.3) is 0 Å². The van der Waals surface area contributed by atoms with Crippen molar-refractivity contribution >= 4 is 33.2 Å². The molecule has 4 nitrogen and oxygen atoms in total. The highest BCUT2D eigenvalue weighted by molar-refractivity contribution is 6.09. The normalized spacial score (nSPS) is 16.1. The Morgan fingerprint density at radius 2 is 1.12 bits per heavy atom. The number of hydrogen-bond donors (Lipinski definition) is 0. The average Bonchev–Trinajstić information content (AvgIpc) is 3.68. The molecular formula is C44H28N4. The lowest BCUT2D eigenvalue weighted by Crippen LogP contribution is -2.28. The van der Waals surface area contributed by atoms with Gasteiger partial charge in [-0.2, -0.15) is 10.5 Å². The zero-order chi connectivity index (χ0) is 32.2. The molecule has 1 aliphatic carbocycles. The second-order valence-corrected chi connectivity index (χ2v) is 12.4. The summed E-state index contributed by atoms with van der Waals surface area (Å²) in [5.41, 5.74) is 11.8. The predicted molar refractivity (Wildman–Crippen MR) is 194 cm³/mol. The van der Waals surface area contributed by atoms with Gasteiger partial charge < -0.3 is 9.47 Å². The van der Waals surface area contributed by atoms with Crippen LogP contribution in [-0.4, -0.2) is 10.6 Å². The van der Waals surface area contributed by atoms with Crippen LogP contribution in [0.1, 0.15) is 22.6 Å². The summed E-state index contributed by atoms with van der Waals surface area (Å²) in [4.78, 5) is 2.43. The standard InChI is InChI=1S/C44H28N4/c45-27-29-10-9-11-31(20-29)33-23-34(26-36(25-33)48-43-18-7-3-14-39(43)40-15-4-8-19-44(40)48)32-21-30(28-46)22-35(24-32)47-41-16-5-1-12-37(41)38-13-2-6-17-42(38)47/h1-26,39,43H. The molecule has 4 heteroatoms. The first-order valence-corrected chi connectivity index (χ1v) is 16.1. The second-order valence-electron chi connectivity index (χ2n) is 12.4. The van der Waals surface area contributed by atoms with Crippen LogP contribution in [0, 0.1) is 22.7 Å². The summed E-state index contributed by atoms with van der Waals surface area (Å²) in [6.45, 7) is 0. The van der Waals surface area contributed by atoms with E-state index in [9.17, 15) is 10.5 Å². The maximum Gasteiger partial charge on any atom is 0.0992 e. The predicted octanol–water partition coefficient (Wildman–Crippen LogP) is 10.6. The van der Waals surface area contributed by atoms with Crippen molar-refractivity contribution in [3.63, 3.8) is 0 Å². The maximum absolute atomic E-state index is 10.3. The van der Waals surface area contributed by atoms with E-state index < -0.39 is 0 Å². The molecule has 0 radical (unpaired) electrons.